The Bertz CT molecular complexity index is 834. The van der Waals surface area contributed by atoms with Gasteiger partial charge in [0.2, 0.25) is 0 Å². The molecule has 1 amide bonds. The third-order valence-corrected chi connectivity index (χ3v) is 6.56. The lowest BCUT2D eigenvalue weighted by atomic mass is 10.1. The first-order chi connectivity index (χ1) is 14.5. The molecule has 1 fully saturated rings. The second kappa shape index (κ2) is 10.8. The number of likely N-dealkylation sites (N-methyl/N-ethyl adjacent to an activating group) is 1. The molecule has 0 N–H and O–H groups in total. The quantitative estimate of drug-likeness (QED) is 0.474. The van der Waals surface area contributed by atoms with Crippen molar-refractivity contribution in [2.75, 3.05) is 51.2 Å². The van der Waals surface area contributed by atoms with Gasteiger partial charge in [0.15, 0.2) is 5.16 Å². The fraction of sp³-hybridized carbons (Fsp3) is 0.522. The lowest BCUT2D eigenvalue weighted by molar-refractivity contribution is 0.0802. The molecule has 0 saturated carbocycles. The Morgan fingerprint density at radius 2 is 1.77 bits per heavy atom. The topological polar surface area (TPSA) is 52.6 Å². The summed E-state index contributed by atoms with van der Waals surface area (Å²) in [7, 11) is 1.82. The maximum Gasteiger partial charge on any atom is 0.253 e. The van der Waals surface area contributed by atoms with Crippen LogP contribution < -0.4 is 4.90 Å². The predicted molar refractivity (Wildman–Crippen MR) is 124 cm³/mol. The van der Waals surface area contributed by atoms with Gasteiger partial charge in [-0.2, -0.15) is 0 Å². The molecule has 0 spiro atoms. The van der Waals surface area contributed by atoms with E-state index < -0.39 is 0 Å². The summed E-state index contributed by atoms with van der Waals surface area (Å²) >= 11 is 1.66. The SMILES string of the molecule is CCc1cc(N2CCN(CC)CC2)nc(SCc2ccc(C(=O)N(C)CC)cc2)n1. The van der Waals surface area contributed by atoms with Gasteiger partial charge < -0.3 is 14.7 Å². The smallest absolute Gasteiger partial charge is 0.253 e. The number of carbonyl (C=O) groups is 1. The Kier molecular flexibility index (Phi) is 8.10. The van der Waals surface area contributed by atoms with Crippen LogP contribution in [0.3, 0.4) is 0 Å². The van der Waals surface area contributed by atoms with Crippen molar-refractivity contribution in [1.29, 1.82) is 0 Å². The van der Waals surface area contributed by atoms with Crippen molar-refractivity contribution in [2.24, 2.45) is 0 Å². The average molecular weight is 428 g/mol. The van der Waals surface area contributed by atoms with Gasteiger partial charge in [-0.15, -0.1) is 0 Å². The minimum atomic E-state index is 0.0588. The summed E-state index contributed by atoms with van der Waals surface area (Å²) in [6.07, 6.45) is 0.903. The number of hydrogen-bond acceptors (Lipinski definition) is 6. The van der Waals surface area contributed by atoms with Crippen molar-refractivity contribution < 1.29 is 4.79 Å². The molecule has 6 nitrogen and oxygen atoms in total. The minimum absolute atomic E-state index is 0.0588. The molecule has 0 unspecified atom stereocenters. The van der Waals surface area contributed by atoms with Gasteiger partial charge in [0.25, 0.3) is 5.91 Å². The highest BCUT2D eigenvalue weighted by Gasteiger charge is 2.18. The molecule has 3 rings (SSSR count). The highest BCUT2D eigenvalue weighted by atomic mass is 32.2. The van der Waals surface area contributed by atoms with Crippen LogP contribution in [0.5, 0.6) is 0 Å². The third kappa shape index (κ3) is 5.73. The normalized spacial score (nSPS) is 14.7. The molecular weight excluding hydrogens is 394 g/mol. The average Bonchev–Trinajstić information content (AvgIpc) is 2.81. The van der Waals surface area contributed by atoms with Crippen molar-refractivity contribution in [3.05, 3.63) is 47.2 Å². The Morgan fingerprint density at radius 1 is 1.07 bits per heavy atom. The van der Waals surface area contributed by atoms with Crippen molar-refractivity contribution in [1.82, 2.24) is 19.8 Å². The van der Waals surface area contributed by atoms with Crippen molar-refractivity contribution in [2.45, 2.75) is 38.1 Å². The fourth-order valence-electron chi connectivity index (χ4n) is 3.42. The zero-order chi connectivity index (χ0) is 21.5. The van der Waals surface area contributed by atoms with E-state index in [1.165, 1.54) is 5.56 Å². The molecule has 0 atom stereocenters. The molecule has 7 heteroatoms. The van der Waals surface area contributed by atoms with Crippen LogP contribution in [0, 0.1) is 0 Å². The van der Waals surface area contributed by atoms with Crippen LogP contribution in [0.4, 0.5) is 5.82 Å². The molecule has 1 saturated heterocycles. The summed E-state index contributed by atoms with van der Waals surface area (Å²) in [6, 6.07) is 10.0. The van der Waals surface area contributed by atoms with Crippen LogP contribution in [-0.4, -0.2) is 72.0 Å². The van der Waals surface area contributed by atoms with E-state index in [0.29, 0.717) is 6.54 Å². The van der Waals surface area contributed by atoms with E-state index in [2.05, 4.69) is 29.7 Å². The number of piperazine rings is 1. The molecule has 0 bridgehead atoms. The largest absolute Gasteiger partial charge is 0.354 e. The van der Waals surface area contributed by atoms with Crippen LogP contribution in [0.15, 0.2) is 35.5 Å². The first-order valence-corrected chi connectivity index (χ1v) is 11.8. The van der Waals surface area contributed by atoms with Crippen LogP contribution in [-0.2, 0) is 12.2 Å². The number of thioether (sulfide) groups is 1. The number of hydrogen-bond donors (Lipinski definition) is 0. The fourth-order valence-corrected chi connectivity index (χ4v) is 4.24. The molecule has 1 aromatic carbocycles. The number of nitrogens with zero attached hydrogens (tertiary/aromatic N) is 5. The first-order valence-electron chi connectivity index (χ1n) is 10.9. The Labute approximate surface area is 184 Å². The van der Waals surface area contributed by atoms with Crippen LogP contribution in [0.25, 0.3) is 0 Å². The van der Waals surface area contributed by atoms with Crippen LogP contribution >= 0.6 is 11.8 Å². The van der Waals surface area contributed by atoms with Gasteiger partial charge in [0.05, 0.1) is 0 Å². The summed E-state index contributed by atoms with van der Waals surface area (Å²) < 4.78 is 0. The van der Waals surface area contributed by atoms with Gasteiger partial charge in [0, 0.05) is 62.8 Å². The molecule has 162 valence electrons. The molecule has 2 aromatic rings. The zero-order valence-corrected chi connectivity index (χ0v) is 19.4. The van der Waals surface area contributed by atoms with E-state index in [0.717, 1.165) is 67.1 Å². The Morgan fingerprint density at radius 3 is 2.37 bits per heavy atom. The standard InChI is InChI=1S/C23H33N5OS/c1-5-20-16-21(28-14-12-27(7-3)13-15-28)25-23(24-20)30-17-18-8-10-19(11-9-18)22(29)26(4)6-2/h8-11,16H,5-7,12-15,17H2,1-4H3. The van der Waals surface area contributed by atoms with Gasteiger partial charge >= 0.3 is 0 Å². The highest BCUT2D eigenvalue weighted by Crippen LogP contribution is 2.24. The maximum absolute atomic E-state index is 12.3. The molecule has 0 radical (unpaired) electrons. The summed E-state index contributed by atoms with van der Waals surface area (Å²) in [5, 5.41) is 0.827. The molecule has 0 aliphatic carbocycles. The second-order valence-electron chi connectivity index (χ2n) is 7.58. The number of carbonyl (C=O) groups excluding carboxylic acids is 1. The number of benzene rings is 1. The molecule has 1 aliphatic heterocycles. The predicted octanol–water partition coefficient (Wildman–Crippen LogP) is 3.57. The molecule has 1 aliphatic rings. The second-order valence-corrected chi connectivity index (χ2v) is 8.52. The van der Waals surface area contributed by atoms with Gasteiger partial charge in [-0.1, -0.05) is 37.7 Å². The number of amides is 1. The minimum Gasteiger partial charge on any atom is -0.354 e. The van der Waals surface area contributed by atoms with E-state index in [-0.39, 0.29) is 5.91 Å². The highest BCUT2D eigenvalue weighted by molar-refractivity contribution is 7.98. The maximum atomic E-state index is 12.3. The van der Waals surface area contributed by atoms with E-state index in [1.54, 1.807) is 16.7 Å². The van der Waals surface area contributed by atoms with E-state index in [4.69, 9.17) is 9.97 Å². The number of anilines is 1. The van der Waals surface area contributed by atoms with E-state index in [9.17, 15) is 4.79 Å². The summed E-state index contributed by atoms with van der Waals surface area (Å²) in [6.45, 7) is 12.3. The lowest BCUT2D eigenvalue weighted by Gasteiger charge is -2.34. The Hall–Kier alpha value is -2.12. The van der Waals surface area contributed by atoms with E-state index >= 15 is 0 Å². The molecule has 1 aromatic heterocycles. The van der Waals surface area contributed by atoms with Gasteiger partial charge in [0.1, 0.15) is 5.82 Å². The van der Waals surface area contributed by atoms with Crippen molar-refractivity contribution in [3.63, 3.8) is 0 Å². The zero-order valence-electron chi connectivity index (χ0n) is 18.6. The number of rotatable bonds is 8. The molecule has 30 heavy (non-hydrogen) atoms. The molecular formula is C23H33N5OS. The summed E-state index contributed by atoms with van der Waals surface area (Å²) in [5.41, 5.74) is 2.98. The van der Waals surface area contributed by atoms with Crippen molar-refractivity contribution in [3.8, 4) is 0 Å². The monoisotopic (exact) mass is 427 g/mol. The van der Waals surface area contributed by atoms with Gasteiger partial charge in [-0.3, -0.25) is 4.79 Å². The molecule has 2 heterocycles. The van der Waals surface area contributed by atoms with E-state index in [1.807, 2.05) is 38.2 Å². The van der Waals surface area contributed by atoms with Crippen LogP contribution in [0.1, 0.15) is 42.4 Å². The third-order valence-electron chi connectivity index (χ3n) is 5.64. The number of aryl methyl sites for hydroxylation is 1. The first kappa shape index (κ1) is 22.6. The number of aromatic nitrogens is 2. The Balaban J connectivity index is 1.65. The van der Waals surface area contributed by atoms with Gasteiger partial charge in [-0.05, 0) is 37.6 Å². The van der Waals surface area contributed by atoms with Gasteiger partial charge in [-0.25, -0.2) is 9.97 Å². The van der Waals surface area contributed by atoms with Crippen LogP contribution in [0.2, 0.25) is 0 Å². The summed E-state index contributed by atoms with van der Waals surface area (Å²) in [5.74, 6) is 1.89. The lowest BCUT2D eigenvalue weighted by Crippen LogP contribution is -2.46. The summed E-state index contributed by atoms with van der Waals surface area (Å²) in [4.78, 5) is 28.4. The van der Waals surface area contributed by atoms with Crippen molar-refractivity contribution >= 4 is 23.5 Å².